The number of nitrogens with one attached hydrogen (secondary N) is 1. The summed E-state index contributed by atoms with van der Waals surface area (Å²) in [4.78, 5) is 34.7. The summed E-state index contributed by atoms with van der Waals surface area (Å²) in [6.07, 6.45) is 5.60. The molecule has 0 fully saturated rings. The van der Waals surface area contributed by atoms with Gasteiger partial charge in [0.25, 0.3) is 0 Å². The summed E-state index contributed by atoms with van der Waals surface area (Å²) >= 11 is 0. The lowest BCUT2D eigenvalue weighted by atomic mass is 10.0. The first kappa shape index (κ1) is 25.0. The van der Waals surface area contributed by atoms with E-state index in [0.29, 0.717) is 52.0 Å². The van der Waals surface area contributed by atoms with E-state index >= 15 is 0 Å². The van der Waals surface area contributed by atoms with Gasteiger partial charge in [0.05, 0.1) is 13.2 Å². The Hall–Kier alpha value is -2.05. The average Bonchev–Trinajstić information content (AvgIpc) is 2.71. The molecule has 0 saturated carbocycles. The molecule has 162 valence electrons. The largest absolute Gasteiger partial charge is 0.379 e. The summed E-state index contributed by atoms with van der Waals surface area (Å²) in [7, 11) is 0. The van der Waals surface area contributed by atoms with Crippen LogP contribution >= 0.6 is 0 Å². The topological polar surface area (TPSA) is 81.7 Å². The lowest BCUT2D eigenvalue weighted by molar-refractivity contribution is -0.126. The summed E-state index contributed by atoms with van der Waals surface area (Å²) in [5.74, 6) is 0.0531. The second-order valence-corrected chi connectivity index (χ2v) is 7.15. The first-order valence-corrected chi connectivity index (χ1v) is 10.6. The monoisotopic (exact) mass is 405 g/mol. The van der Waals surface area contributed by atoms with Gasteiger partial charge < -0.3 is 19.6 Å². The van der Waals surface area contributed by atoms with Gasteiger partial charge in [-0.1, -0.05) is 37.6 Å². The Balaban J connectivity index is 2.03. The molecule has 0 radical (unpaired) electrons. The van der Waals surface area contributed by atoms with E-state index in [1.807, 2.05) is 24.3 Å². The highest BCUT2D eigenvalue weighted by Gasteiger charge is 2.07. The highest BCUT2D eigenvalue weighted by molar-refractivity contribution is 5.96. The number of hydrogen-bond donors (Lipinski definition) is 1. The van der Waals surface area contributed by atoms with Crippen LogP contribution in [0.5, 0.6) is 0 Å². The number of amides is 1. The maximum atomic E-state index is 12.2. The van der Waals surface area contributed by atoms with Gasteiger partial charge in [0.15, 0.2) is 5.78 Å². The van der Waals surface area contributed by atoms with Crippen LogP contribution in [0, 0.1) is 0 Å². The molecule has 1 aromatic carbocycles. The van der Waals surface area contributed by atoms with E-state index in [1.54, 1.807) is 6.92 Å². The third-order valence-corrected chi connectivity index (χ3v) is 4.42. The molecule has 1 N–H and O–H groups in total. The van der Waals surface area contributed by atoms with Gasteiger partial charge >= 0.3 is 0 Å². The van der Waals surface area contributed by atoms with Crippen LogP contribution < -0.4 is 5.32 Å². The Kier molecular flexibility index (Phi) is 13.6. The van der Waals surface area contributed by atoms with Crippen LogP contribution in [0.2, 0.25) is 0 Å². The Bertz CT molecular complexity index is 612. The number of hydrogen-bond acceptors (Lipinski definition) is 5. The maximum absolute atomic E-state index is 12.2. The summed E-state index contributed by atoms with van der Waals surface area (Å²) in [6.45, 7) is 5.40. The van der Waals surface area contributed by atoms with Gasteiger partial charge in [-0.05, 0) is 38.2 Å². The van der Waals surface area contributed by atoms with E-state index in [9.17, 15) is 14.4 Å². The molecule has 0 atom stereocenters. The van der Waals surface area contributed by atoms with Crippen LogP contribution in [0.15, 0.2) is 24.3 Å². The standard InChI is InChI=1S/C23H35NO5/c1-3-4-8-20-10-12-21(13-11-20)22(26)9-5-14-24-23(27)18-29-17-16-28-15-6-7-19(2)25/h10-13H,3-9,14-18H2,1-2H3,(H,24,27). The van der Waals surface area contributed by atoms with E-state index in [1.165, 1.54) is 5.56 Å². The molecule has 6 heteroatoms. The van der Waals surface area contributed by atoms with Crippen LogP contribution in [0.4, 0.5) is 0 Å². The predicted molar refractivity (Wildman–Crippen MR) is 113 cm³/mol. The Morgan fingerprint density at radius 3 is 2.31 bits per heavy atom. The van der Waals surface area contributed by atoms with Crippen LogP contribution in [-0.2, 0) is 25.5 Å². The van der Waals surface area contributed by atoms with Crippen LogP contribution in [0.1, 0.15) is 68.3 Å². The summed E-state index contributed by atoms with van der Waals surface area (Å²) in [6, 6.07) is 7.83. The Labute approximate surface area is 174 Å². The zero-order valence-corrected chi connectivity index (χ0v) is 17.8. The van der Waals surface area contributed by atoms with Crippen molar-refractivity contribution in [1.82, 2.24) is 5.32 Å². The van der Waals surface area contributed by atoms with E-state index < -0.39 is 0 Å². The van der Waals surface area contributed by atoms with Crippen LogP contribution in [0.25, 0.3) is 0 Å². The van der Waals surface area contributed by atoms with E-state index in [-0.39, 0.29) is 24.1 Å². The number of aryl methyl sites for hydroxylation is 1. The molecule has 0 unspecified atom stereocenters. The number of Topliss-reactive ketones (excluding diaryl/α,β-unsaturated/α-hetero) is 2. The molecule has 0 spiro atoms. The molecule has 0 saturated heterocycles. The Morgan fingerprint density at radius 1 is 0.897 bits per heavy atom. The van der Waals surface area contributed by atoms with Crippen molar-refractivity contribution in [3.05, 3.63) is 35.4 Å². The second-order valence-electron chi connectivity index (χ2n) is 7.15. The third-order valence-electron chi connectivity index (χ3n) is 4.42. The van der Waals surface area contributed by atoms with Crippen molar-refractivity contribution in [3.8, 4) is 0 Å². The number of benzene rings is 1. The van der Waals surface area contributed by atoms with Gasteiger partial charge in [0.2, 0.25) is 5.91 Å². The van der Waals surface area contributed by atoms with Crippen molar-refractivity contribution >= 4 is 17.5 Å². The molecule has 1 aromatic rings. The molecular formula is C23H35NO5. The number of rotatable bonds is 17. The van der Waals surface area contributed by atoms with E-state index in [2.05, 4.69) is 12.2 Å². The van der Waals surface area contributed by atoms with Gasteiger partial charge in [-0.2, -0.15) is 0 Å². The molecule has 0 bridgehead atoms. The molecule has 0 heterocycles. The SMILES string of the molecule is CCCCc1ccc(C(=O)CCCNC(=O)COCCOCCCC(C)=O)cc1. The van der Waals surface area contributed by atoms with Gasteiger partial charge in [-0.25, -0.2) is 0 Å². The summed E-state index contributed by atoms with van der Waals surface area (Å²) < 4.78 is 10.6. The fraction of sp³-hybridized carbons (Fsp3) is 0.609. The van der Waals surface area contributed by atoms with Gasteiger partial charge in [-0.15, -0.1) is 0 Å². The summed E-state index contributed by atoms with van der Waals surface area (Å²) in [5, 5.41) is 2.75. The van der Waals surface area contributed by atoms with Gasteiger partial charge in [0.1, 0.15) is 12.4 Å². The minimum Gasteiger partial charge on any atom is -0.379 e. The molecule has 0 aliphatic carbocycles. The normalized spacial score (nSPS) is 10.7. The molecule has 6 nitrogen and oxygen atoms in total. The first-order chi connectivity index (χ1) is 14.0. The molecule has 0 aliphatic rings. The second kappa shape index (κ2) is 15.8. The fourth-order valence-corrected chi connectivity index (χ4v) is 2.72. The van der Waals surface area contributed by atoms with Crippen molar-refractivity contribution in [1.29, 1.82) is 0 Å². The fourth-order valence-electron chi connectivity index (χ4n) is 2.72. The van der Waals surface area contributed by atoms with Gasteiger partial charge in [-0.3, -0.25) is 9.59 Å². The molecule has 0 aliphatic heterocycles. The average molecular weight is 406 g/mol. The van der Waals surface area contributed by atoms with E-state index in [4.69, 9.17) is 9.47 Å². The Morgan fingerprint density at radius 2 is 1.62 bits per heavy atom. The van der Waals surface area contributed by atoms with Crippen molar-refractivity contribution in [2.75, 3.05) is 33.0 Å². The lowest BCUT2D eigenvalue weighted by Gasteiger charge is -2.07. The number of carbonyl (C=O) groups excluding carboxylic acids is 3. The predicted octanol–water partition coefficient (Wildman–Crippen LogP) is 3.51. The highest BCUT2D eigenvalue weighted by Crippen LogP contribution is 2.10. The molecule has 1 amide bonds. The zero-order chi connectivity index (χ0) is 21.3. The molecular weight excluding hydrogens is 370 g/mol. The van der Waals surface area contributed by atoms with Crippen LogP contribution in [-0.4, -0.2) is 50.4 Å². The zero-order valence-electron chi connectivity index (χ0n) is 17.8. The number of ether oxygens (including phenoxy) is 2. The highest BCUT2D eigenvalue weighted by atomic mass is 16.5. The number of unbranched alkanes of at least 4 members (excludes halogenated alkanes) is 1. The third kappa shape index (κ3) is 12.9. The van der Waals surface area contributed by atoms with Crippen molar-refractivity contribution in [2.45, 2.75) is 58.8 Å². The summed E-state index contributed by atoms with van der Waals surface area (Å²) in [5.41, 5.74) is 1.99. The molecule has 0 aromatic heterocycles. The maximum Gasteiger partial charge on any atom is 0.245 e. The number of ketones is 2. The lowest BCUT2D eigenvalue weighted by Crippen LogP contribution is -2.29. The minimum absolute atomic E-state index is 0.0238. The first-order valence-electron chi connectivity index (χ1n) is 10.6. The van der Waals surface area contributed by atoms with Gasteiger partial charge in [0, 0.05) is 31.6 Å². The minimum atomic E-state index is -0.200. The molecule has 29 heavy (non-hydrogen) atoms. The van der Waals surface area contributed by atoms with Crippen LogP contribution in [0.3, 0.4) is 0 Å². The molecule has 1 rings (SSSR count). The van der Waals surface area contributed by atoms with Crippen molar-refractivity contribution in [2.24, 2.45) is 0 Å². The van der Waals surface area contributed by atoms with Crippen molar-refractivity contribution in [3.63, 3.8) is 0 Å². The van der Waals surface area contributed by atoms with Crippen molar-refractivity contribution < 1.29 is 23.9 Å². The quantitative estimate of drug-likeness (QED) is 0.317. The smallest absolute Gasteiger partial charge is 0.245 e. The van der Waals surface area contributed by atoms with E-state index in [0.717, 1.165) is 24.8 Å². The number of carbonyl (C=O) groups is 3.